The molecule has 1 aromatic carbocycles. The van der Waals surface area contributed by atoms with E-state index in [1.807, 2.05) is 6.92 Å². The standard InChI is InChI=1S/C17H26F2N4O2/c1-11-6-7-13(25-15(18)19)12(8-11)9-22-16(21-5)23-10-17(2,3)14(24)20-4/h6-8,15H,9-10H2,1-5H3,(H,20,24)(H2,21,22,23). The van der Waals surface area contributed by atoms with E-state index in [2.05, 4.69) is 25.7 Å². The molecule has 0 radical (unpaired) electrons. The Balaban J connectivity index is 2.72. The first-order chi connectivity index (χ1) is 11.7. The van der Waals surface area contributed by atoms with Gasteiger partial charge in [-0.05, 0) is 26.8 Å². The van der Waals surface area contributed by atoms with Crippen molar-refractivity contribution in [3.8, 4) is 5.75 Å². The van der Waals surface area contributed by atoms with E-state index in [0.717, 1.165) is 5.56 Å². The molecule has 1 rings (SSSR count). The Labute approximate surface area is 147 Å². The summed E-state index contributed by atoms with van der Waals surface area (Å²) in [6, 6.07) is 5.00. The predicted octanol–water partition coefficient (Wildman–Crippen LogP) is 2.03. The summed E-state index contributed by atoms with van der Waals surface area (Å²) in [5.74, 6) is 0.484. The Kier molecular flexibility index (Phi) is 7.60. The molecule has 1 amide bonds. The number of aliphatic imine (C=N–C) groups is 1. The molecule has 0 heterocycles. The molecular formula is C17H26F2N4O2. The third kappa shape index (κ3) is 6.56. The zero-order valence-electron chi connectivity index (χ0n) is 15.2. The Bertz CT molecular complexity index is 619. The molecule has 0 unspecified atom stereocenters. The number of benzene rings is 1. The number of rotatable bonds is 7. The summed E-state index contributed by atoms with van der Waals surface area (Å²) in [6.45, 7) is 3.22. The summed E-state index contributed by atoms with van der Waals surface area (Å²) in [5.41, 5.74) is 0.899. The topological polar surface area (TPSA) is 74.8 Å². The van der Waals surface area contributed by atoms with E-state index in [0.29, 0.717) is 18.1 Å². The number of ether oxygens (including phenoxy) is 1. The number of hydrogen-bond acceptors (Lipinski definition) is 3. The molecule has 0 spiro atoms. The number of amides is 1. The molecule has 0 aliphatic rings. The van der Waals surface area contributed by atoms with Crippen molar-refractivity contribution in [2.75, 3.05) is 20.6 Å². The van der Waals surface area contributed by atoms with Gasteiger partial charge in [0.25, 0.3) is 0 Å². The first kappa shape index (κ1) is 20.7. The Hall–Kier alpha value is -2.38. The molecule has 0 aromatic heterocycles. The third-order valence-electron chi connectivity index (χ3n) is 3.64. The minimum atomic E-state index is -2.88. The van der Waals surface area contributed by atoms with Gasteiger partial charge in [-0.3, -0.25) is 9.79 Å². The molecule has 0 saturated carbocycles. The van der Waals surface area contributed by atoms with Crippen molar-refractivity contribution < 1.29 is 18.3 Å². The minimum absolute atomic E-state index is 0.0956. The van der Waals surface area contributed by atoms with Gasteiger partial charge in [-0.25, -0.2) is 0 Å². The van der Waals surface area contributed by atoms with Crippen LogP contribution in [-0.2, 0) is 11.3 Å². The third-order valence-corrected chi connectivity index (χ3v) is 3.64. The van der Waals surface area contributed by atoms with Crippen LogP contribution >= 0.6 is 0 Å². The molecule has 0 aliphatic carbocycles. The van der Waals surface area contributed by atoms with Crippen molar-refractivity contribution in [3.63, 3.8) is 0 Å². The van der Waals surface area contributed by atoms with E-state index in [1.54, 1.807) is 40.1 Å². The lowest BCUT2D eigenvalue weighted by Crippen LogP contribution is -2.47. The highest BCUT2D eigenvalue weighted by molar-refractivity contribution is 5.84. The van der Waals surface area contributed by atoms with Gasteiger partial charge in [-0.15, -0.1) is 0 Å². The summed E-state index contributed by atoms with van der Waals surface area (Å²) >= 11 is 0. The normalized spacial score (nSPS) is 12.1. The number of carbonyl (C=O) groups is 1. The molecule has 0 atom stereocenters. The largest absolute Gasteiger partial charge is 0.434 e. The van der Waals surface area contributed by atoms with Gasteiger partial charge in [0.15, 0.2) is 5.96 Å². The molecular weight excluding hydrogens is 330 g/mol. The highest BCUT2D eigenvalue weighted by Gasteiger charge is 2.26. The van der Waals surface area contributed by atoms with Crippen molar-refractivity contribution in [2.24, 2.45) is 10.4 Å². The lowest BCUT2D eigenvalue weighted by Gasteiger charge is -2.24. The van der Waals surface area contributed by atoms with E-state index >= 15 is 0 Å². The molecule has 6 nitrogen and oxygen atoms in total. The first-order valence-corrected chi connectivity index (χ1v) is 7.90. The number of nitrogens with one attached hydrogen (secondary N) is 3. The Morgan fingerprint density at radius 3 is 2.56 bits per heavy atom. The van der Waals surface area contributed by atoms with E-state index in [1.165, 1.54) is 6.07 Å². The maximum atomic E-state index is 12.5. The lowest BCUT2D eigenvalue weighted by molar-refractivity contribution is -0.128. The minimum Gasteiger partial charge on any atom is -0.434 e. The maximum Gasteiger partial charge on any atom is 0.387 e. The lowest BCUT2D eigenvalue weighted by atomic mass is 9.92. The van der Waals surface area contributed by atoms with E-state index in [4.69, 9.17) is 0 Å². The summed E-state index contributed by atoms with van der Waals surface area (Å²) in [7, 11) is 3.18. The fraction of sp³-hybridized carbons (Fsp3) is 0.529. The molecule has 0 fully saturated rings. The monoisotopic (exact) mass is 356 g/mol. The maximum absolute atomic E-state index is 12.5. The smallest absolute Gasteiger partial charge is 0.387 e. The number of carbonyl (C=O) groups excluding carboxylic acids is 1. The van der Waals surface area contributed by atoms with Gasteiger partial charge in [0.1, 0.15) is 5.75 Å². The van der Waals surface area contributed by atoms with Crippen LogP contribution in [0.4, 0.5) is 8.78 Å². The zero-order chi connectivity index (χ0) is 19.0. The van der Waals surface area contributed by atoms with Crippen LogP contribution in [0.2, 0.25) is 0 Å². The summed E-state index contributed by atoms with van der Waals surface area (Å²) in [6.07, 6.45) is 0. The van der Waals surface area contributed by atoms with Gasteiger partial charge >= 0.3 is 6.61 Å². The second kappa shape index (κ2) is 9.19. The Morgan fingerprint density at radius 1 is 1.32 bits per heavy atom. The van der Waals surface area contributed by atoms with Gasteiger partial charge < -0.3 is 20.7 Å². The van der Waals surface area contributed by atoms with Crippen molar-refractivity contribution in [2.45, 2.75) is 33.9 Å². The first-order valence-electron chi connectivity index (χ1n) is 7.90. The van der Waals surface area contributed by atoms with Crippen molar-refractivity contribution >= 4 is 11.9 Å². The molecule has 8 heteroatoms. The van der Waals surface area contributed by atoms with Crippen molar-refractivity contribution in [3.05, 3.63) is 29.3 Å². The average Bonchev–Trinajstić information content (AvgIpc) is 2.55. The molecule has 0 bridgehead atoms. The number of halogens is 2. The highest BCUT2D eigenvalue weighted by atomic mass is 19.3. The van der Waals surface area contributed by atoms with Crippen LogP contribution in [-0.4, -0.2) is 39.1 Å². The molecule has 0 aliphatic heterocycles. The van der Waals surface area contributed by atoms with Crippen LogP contribution in [0.3, 0.4) is 0 Å². The number of guanidine groups is 1. The van der Waals surface area contributed by atoms with Crippen LogP contribution in [0, 0.1) is 12.3 Å². The van der Waals surface area contributed by atoms with Crippen LogP contribution in [0.15, 0.2) is 23.2 Å². The van der Waals surface area contributed by atoms with E-state index in [9.17, 15) is 13.6 Å². The van der Waals surface area contributed by atoms with E-state index < -0.39 is 12.0 Å². The van der Waals surface area contributed by atoms with Crippen LogP contribution in [0.25, 0.3) is 0 Å². The molecule has 25 heavy (non-hydrogen) atoms. The predicted molar refractivity (Wildman–Crippen MR) is 93.9 cm³/mol. The highest BCUT2D eigenvalue weighted by Crippen LogP contribution is 2.22. The van der Waals surface area contributed by atoms with Crippen LogP contribution in [0.5, 0.6) is 5.75 Å². The summed E-state index contributed by atoms with van der Waals surface area (Å²) < 4.78 is 29.6. The number of hydrogen-bond donors (Lipinski definition) is 3. The van der Waals surface area contributed by atoms with Crippen molar-refractivity contribution in [1.29, 1.82) is 0 Å². The summed E-state index contributed by atoms with van der Waals surface area (Å²) in [5, 5.41) is 8.71. The second-order valence-electron chi connectivity index (χ2n) is 6.23. The molecule has 1 aromatic rings. The fourth-order valence-corrected chi connectivity index (χ4v) is 2.18. The van der Waals surface area contributed by atoms with Gasteiger partial charge in [-0.2, -0.15) is 8.78 Å². The van der Waals surface area contributed by atoms with Gasteiger partial charge in [-0.1, -0.05) is 17.7 Å². The molecule has 0 saturated heterocycles. The zero-order valence-corrected chi connectivity index (χ0v) is 15.2. The van der Waals surface area contributed by atoms with Gasteiger partial charge in [0.05, 0.1) is 5.41 Å². The van der Waals surface area contributed by atoms with Gasteiger partial charge in [0.2, 0.25) is 5.91 Å². The molecule has 3 N–H and O–H groups in total. The fourth-order valence-electron chi connectivity index (χ4n) is 2.18. The second-order valence-corrected chi connectivity index (χ2v) is 6.23. The molecule has 140 valence electrons. The SMILES string of the molecule is CN=C(NCc1cc(C)ccc1OC(F)F)NCC(C)(C)C(=O)NC. The van der Waals surface area contributed by atoms with Crippen LogP contribution < -0.4 is 20.7 Å². The average molecular weight is 356 g/mol. The number of alkyl halides is 2. The Morgan fingerprint density at radius 2 is 2.00 bits per heavy atom. The van der Waals surface area contributed by atoms with Crippen molar-refractivity contribution in [1.82, 2.24) is 16.0 Å². The quantitative estimate of drug-likeness (QED) is 0.516. The van der Waals surface area contributed by atoms with E-state index in [-0.39, 0.29) is 18.2 Å². The summed E-state index contributed by atoms with van der Waals surface area (Å²) in [4.78, 5) is 15.9. The van der Waals surface area contributed by atoms with Gasteiger partial charge in [0, 0.05) is 32.7 Å². The van der Waals surface area contributed by atoms with Crippen LogP contribution in [0.1, 0.15) is 25.0 Å². The number of aryl methyl sites for hydroxylation is 1. The number of nitrogens with zero attached hydrogens (tertiary/aromatic N) is 1.